The molecule has 1 aliphatic heterocycles. The van der Waals surface area contributed by atoms with Crippen LogP contribution >= 0.6 is 0 Å². The maximum absolute atomic E-state index is 12.7. The number of aromatic nitrogens is 4. The van der Waals surface area contributed by atoms with Gasteiger partial charge in [-0.25, -0.2) is 0 Å². The minimum absolute atomic E-state index is 0.0000260. The molecule has 0 radical (unpaired) electrons. The van der Waals surface area contributed by atoms with Crippen LogP contribution in [0, 0.1) is 0 Å². The minimum Gasteiger partial charge on any atom is -0.339 e. The summed E-state index contributed by atoms with van der Waals surface area (Å²) < 4.78 is 7.10. The maximum atomic E-state index is 12.7. The standard InChI is InChI=1S/C15H19N5O2/c1-2-19-9-11(8-16-19)15(21)20-7-3-4-12(20)13-17-14(22-18-13)10-5-6-10/h8-10,12H,2-7H2,1H3/t12-/m1/s1. The van der Waals surface area contributed by atoms with Gasteiger partial charge < -0.3 is 9.42 Å². The van der Waals surface area contributed by atoms with Gasteiger partial charge in [0.15, 0.2) is 5.82 Å². The van der Waals surface area contributed by atoms with Crippen LogP contribution in [0.3, 0.4) is 0 Å². The van der Waals surface area contributed by atoms with Gasteiger partial charge in [-0.2, -0.15) is 10.1 Å². The zero-order chi connectivity index (χ0) is 15.1. The highest BCUT2D eigenvalue weighted by molar-refractivity contribution is 5.94. The van der Waals surface area contributed by atoms with E-state index in [0.29, 0.717) is 17.3 Å². The molecule has 22 heavy (non-hydrogen) atoms. The largest absolute Gasteiger partial charge is 0.339 e. The fourth-order valence-electron chi connectivity index (χ4n) is 2.97. The van der Waals surface area contributed by atoms with Crippen molar-refractivity contribution in [3.8, 4) is 0 Å². The second-order valence-electron chi connectivity index (χ2n) is 6.01. The number of rotatable bonds is 4. The lowest BCUT2D eigenvalue weighted by Gasteiger charge is -2.21. The van der Waals surface area contributed by atoms with Crippen LogP contribution in [0.5, 0.6) is 0 Å². The highest BCUT2D eigenvalue weighted by atomic mass is 16.5. The number of aryl methyl sites for hydroxylation is 1. The first-order valence-corrected chi connectivity index (χ1v) is 7.93. The average Bonchev–Trinajstić information content (AvgIpc) is 3.02. The van der Waals surface area contributed by atoms with E-state index in [4.69, 9.17) is 4.52 Å². The molecule has 0 unspecified atom stereocenters. The lowest BCUT2D eigenvalue weighted by molar-refractivity contribution is 0.0728. The number of nitrogens with zero attached hydrogens (tertiary/aromatic N) is 5. The summed E-state index contributed by atoms with van der Waals surface area (Å²) in [5.41, 5.74) is 0.625. The Kier molecular flexibility index (Phi) is 3.20. The van der Waals surface area contributed by atoms with Crippen molar-refractivity contribution in [1.29, 1.82) is 0 Å². The Morgan fingerprint density at radius 1 is 1.41 bits per heavy atom. The lowest BCUT2D eigenvalue weighted by Crippen LogP contribution is -2.30. The van der Waals surface area contributed by atoms with Crippen LogP contribution in [-0.2, 0) is 6.54 Å². The molecule has 1 saturated carbocycles. The zero-order valence-corrected chi connectivity index (χ0v) is 12.6. The summed E-state index contributed by atoms with van der Waals surface area (Å²) in [4.78, 5) is 19.1. The molecule has 1 saturated heterocycles. The normalized spacial score (nSPS) is 21.5. The number of carbonyl (C=O) groups excluding carboxylic acids is 1. The van der Waals surface area contributed by atoms with Gasteiger partial charge in [-0.3, -0.25) is 9.48 Å². The molecular formula is C15H19N5O2. The third-order valence-corrected chi connectivity index (χ3v) is 4.40. The Labute approximate surface area is 128 Å². The molecular weight excluding hydrogens is 282 g/mol. The van der Waals surface area contributed by atoms with Gasteiger partial charge >= 0.3 is 0 Å². The molecule has 7 nitrogen and oxygen atoms in total. The molecule has 0 spiro atoms. The van der Waals surface area contributed by atoms with Crippen molar-refractivity contribution in [2.75, 3.05) is 6.54 Å². The van der Waals surface area contributed by atoms with Crippen molar-refractivity contribution >= 4 is 5.91 Å². The van der Waals surface area contributed by atoms with E-state index in [2.05, 4.69) is 15.2 Å². The molecule has 0 aromatic carbocycles. The van der Waals surface area contributed by atoms with Gasteiger partial charge in [0.1, 0.15) is 0 Å². The first kappa shape index (κ1) is 13.5. The van der Waals surface area contributed by atoms with Crippen LogP contribution in [0.1, 0.15) is 66.6 Å². The van der Waals surface area contributed by atoms with Gasteiger partial charge in [0.25, 0.3) is 5.91 Å². The summed E-state index contributed by atoms with van der Waals surface area (Å²) in [7, 11) is 0. The molecule has 116 valence electrons. The fraction of sp³-hybridized carbons (Fsp3) is 0.600. The number of carbonyl (C=O) groups is 1. The van der Waals surface area contributed by atoms with Crippen LogP contribution in [0.2, 0.25) is 0 Å². The first-order chi connectivity index (χ1) is 10.8. The van der Waals surface area contributed by atoms with Crippen LogP contribution in [0.4, 0.5) is 0 Å². The lowest BCUT2D eigenvalue weighted by atomic mass is 10.2. The Morgan fingerprint density at radius 2 is 2.27 bits per heavy atom. The quantitative estimate of drug-likeness (QED) is 0.864. The molecule has 2 aromatic heterocycles. The molecule has 1 aliphatic carbocycles. The summed E-state index contributed by atoms with van der Waals surface area (Å²) in [5, 5.41) is 8.29. The molecule has 2 fully saturated rings. The highest BCUT2D eigenvalue weighted by Crippen LogP contribution is 2.40. The zero-order valence-electron chi connectivity index (χ0n) is 12.6. The molecule has 3 heterocycles. The van der Waals surface area contributed by atoms with Crippen molar-refractivity contribution in [3.63, 3.8) is 0 Å². The molecule has 4 rings (SSSR count). The van der Waals surface area contributed by atoms with Crippen LogP contribution in [0.15, 0.2) is 16.9 Å². The van der Waals surface area contributed by atoms with Crippen LogP contribution in [-0.4, -0.2) is 37.3 Å². The molecule has 2 aliphatic rings. The molecule has 0 N–H and O–H groups in total. The SMILES string of the molecule is CCn1cc(C(=O)N2CCC[C@@H]2c2noc(C3CC3)n2)cn1. The minimum atomic E-state index is -0.0753. The van der Waals surface area contributed by atoms with Gasteiger partial charge in [-0.05, 0) is 32.6 Å². The second-order valence-corrected chi connectivity index (χ2v) is 6.01. The van der Waals surface area contributed by atoms with Crippen molar-refractivity contribution in [2.24, 2.45) is 0 Å². The topological polar surface area (TPSA) is 77.0 Å². The van der Waals surface area contributed by atoms with Crippen LogP contribution < -0.4 is 0 Å². The van der Waals surface area contributed by atoms with Crippen molar-refractivity contribution in [1.82, 2.24) is 24.8 Å². The van der Waals surface area contributed by atoms with E-state index in [0.717, 1.165) is 44.7 Å². The Morgan fingerprint density at radius 3 is 3.00 bits per heavy atom. The number of hydrogen-bond donors (Lipinski definition) is 0. The third kappa shape index (κ3) is 2.30. The average molecular weight is 301 g/mol. The van der Waals surface area contributed by atoms with Crippen LogP contribution in [0.25, 0.3) is 0 Å². The monoisotopic (exact) mass is 301 g/mol. The first-order valence-electron chi connectivity index (χ1n) is 7.93. The molecule has 1 amide bonds. The number of amides is 1. The smallest absolute Gasteiger partial charge is 0.257 e. The summed E-state index contributed by atoms with van der Waals surface area (Å²) in [6, 6.07) is -0.0753. The van der Waals surface area contributed by atoms with E-state index in [9.17, 15) is 4.79 Å². The van der Waals surface area contributed by atoms with Gasteiger partial charge in [0.05, 0.1) is 17.8 Å². The summed E-state index contributed by atoms with van der Waals surface area (Å²) >= 11 is 0. The molecule has 7 heteroatoms. The molecule has 1 atom stereocenters. The van der Waals surface area contributed by atoms with Gasteiger partial charge in [0.2, 0.25) is 5.89 Å². The van der Waals surface area contributed by atoms with Gasteiger partial charge in [-0.15, -0.1) is 0 Å². The fourth-order valence-corrected chi connectivity index (χ4v) is 2.97. The van der Waals surface area contributed by atoms with Gasteiger partial charge in [0, 0.05) is 25.2 Å². The van der Waals surface area contributed by atoms with E-state index >= 15 is 0 Å². The third-order valence-electron chi connectivity index (χ3n) is 4.40. The Hall–Kier alpha value is -2.18. The maximum Gasteiger partial charge on any atom is 0.257 e. The van der Waals surface area contributed by atoms with E-state index in [1.54, 1.807) is 17.1 Å². The van der Waals surface area contributed by atoms with E-state index < -0.39 is 0 Å². The number of likely N-dealkylation sites (tertiary alicyclic amines) is 1. The predicted octanol–water partition coefficient (Wildman–Crippen LogP) is 2.14. The van der Waals surface area contributed by atoms with Crippen molar-refractivity contribution < 1.29 is 9.32 Å². The molecule has 2 aromatic rings. The molecule has 0 bridgehead atoms. The van der Waals surface area contributed by atoms with Gasteiger partial charge in [-0.1, -0.05) is 5.16 Å². The van der Waals surface area contributed by atoms with Crippen molar-refractivity contribution in [3.05, 3.63) is 29.7 Å². The summed E-state index contributed by atoms with van der Waals surface area (Å²) in [6.45, 7) is 3.49. The van der Waals surface area contributed by atoms with E-state index in [1.807, 2.05) is 11.8 Å². The summed E-state index contributed by atoms with van der Waals surface area (Å²) in [6.07, 6.45) is 7.54. The Bertz CT molecular complexity index is 688. The second kappa shape index (κ2) is 5.23. The van der Waals surface area contributed by atoms with Crippen molar-refractivity contribution in [2.45, 2.75) is 51.1 Å². The van der Waals surface area contributed by atoms with E-state index in [-0.39, 0.29) is 11.9 Å². The predicted molar refractivity (Wildman–Crippen MR) is 77.2 cm³/mol. The number of hydrogen-bond acceptors (Lipinski definition) is 5. The Balaban J connectivity index is 1.55. The van der Waals surface area contributed by atoms with E-state index in [1.165, 1.54) is 0 Å². The highest BCUT2D eigenvalue weighted by Gasteiger charge is 2.36. The summed E-state index contributed by atoms with van der Waals surface area (Å²) in [5.74, 6) is 1.82.